The lowest BCUT2D eigenvalue weighted by Crippen LogP contribution is -1.97. The summed E-state index contributed by atoms with van der Waals surface area (Å²) in [6.45, 7) is 7.94. The fourth-order valence-electron chi connectivity index (χ4n) is 7.67. The second-order valence-corrected chi connectivity index (χ2v) is 13.3. The summed E-state index contributed by atoms with van der Waals surface area (Å²) in [5, 5.41) is 16.7. The molecule has 3 aromatic heterocycles. The van der Waals surface area contributed by atoms with E-state index in [2.05, 4.69) is 129 Å². The highest BCUT2D eigenvalue weighted by Crippen LogP contribution is 2.47. The fourth-order valence-corrected chi connectivity index (χ4v) is 9.03. The minimum absolute atomic E-state index is 0.594. The first kappa shape index (κ1) is 27.5. The van der Waals surface area contributed by atoms with Gasteiger partial charge < -0.3 is 9.13 Å². The molecular formula is C44H24N4S. The summed E-state index contributed by atoms with van der Waals surface area (Å²) >= 11 is 1.82. The van der Waals surface area contributed by atoms with E-state index in [1.807, 2.05) is 47.7 Å². The maximum atomic E-state index is 9.71. The Morgan fingerprint density at radius 3 is 2.00 bits per heavy atom. The zero-order chi connectivity index (χ0) is 32.6. The number of aromatic nitrogens is 2. The lowest BCUT2D eigenvalue weighted by atomic mass is 9.99. The molecule has 226 valence electrons. The lowest BCUT2D eigenvalue weighted by molar-refractivity contribution is 1.18. The standard InChI is InChI=1S/C44H24N4S/c1-46-28-19-23-41(48-39-17-8-6-13-31(39)36-24-27(26-45)18-22-40(36)48)37(25-28)34-15-9-14-33-35-21-20-32-30-12-5-7-16-38(30)47(29-10-3-2-4-11-29)42(32)44(35)49-43(33)34/h2-25H. The average molecular weight is 641 g/mol. The molecule has 4 nitrogen and oxygen atoms in total. The Labute approximate surface area is 285 Å². The molecule has 0 aliphatic carbocycles. The van der Waals surface area contributed by atoms with E-state index >= 15 is 0 Å². The van der Waals surface area contributed by atoms with Gasteiger partial charge in [-0.3, -0.25) is 0 Å². The van der Waals surface area contributed by atoms with Crippen LogP contribution < -0.4 is 0 Å². The predicted molar refractivity (Wildman–Crippen MR) is 204 cm³/mol. The SMILES string of the molecule is [C-]#[N+]c1ccc(-n2c3ccccc3c3cc(C#N)ccc32)c(-c2cccc3c2sc2c3ccc3c4ccccc4n(-c4ccccc4)c32)c1. The van der Waals surface area contributed by atoms with E-state index in [-0.39, 0.29) is 0 Å². The Balaban J connectivity index is 1.32. The zero-order valence-corrected chi connectivity index (χ0v) is 26.9. The van der Waals surface area contributed by atoms with Crippen molar-refractivity contribution in [3.63, 3.8) is 0 Å². The summed E-state index contributed by atoms with van der Waals surface area (Å²) in [4.78, 5) is 3.86. The minimum atomic E-state index is 0.594. The van der Waals surface area contributed by atoms with Gasteiger partial charge in [0.05, 0.1) is 50.7 Å². The van der Waals surface area contributed by atoms with Crippen molar-refractivity contribution >= 4 is 80.8 Å². The summed E-state index contributed by atoms with van der Waals surface area (Å²) < 4.78 is 7.11. The highest BCUT2D eigenvalue weighted by atomic mass is 32.1. The van der Waals surface area contributed by atoms with Crippen LogP contribution in [0.3, 0.4) is 0 Å². The molecule has 10 aromatic rings. The van der Waals surface area contributed by atoms with Gasteiger partial charge in [-0.1, -0.05) is 91.0 Å². The van der Waals surface area contributed by atoms with Crippen molar-refractivity contribution in [3.8, 4) is 28.6 Å². The number of nitriles is 1. The molecule has 49 heavy (non-hydrogen) atoms. The van der Waals surface area contributed by atoms with Crippen molar-refractivity contribution in [1.82, 2.24) is 9.13 Å². The molecule has 0 N–H and O–H groups in total. The number of hydrogen-bond acceptors (Lipinski definition) is 2. The van der Waals surface area contributed by atoms with Gasteiger partial charge in [0.25, 0.3) is 0 Å². The molecule has 3 heterocycles. The molecule has 0 amide bonds. The van der Waals surface area contributed by atoms with E-state index in [1.165, 1.54) is 42.0 Å². The number of benzene rings is 7. The average Bonchev–Trinajstić information content (AvgIpc) is 3.82. The maximum absolute atomic E-state index is 9.71. The van der Waals surface area contributed by atoms with Gasteiger partial charge in [0, 0.05) is 48.3 Å². The number of rotatable bonds is 3. The summed E-state index contributed by atoms with van der Waals surface area (Å²) in [7, 11) is 0. The summed E-state index contributed by atoms with van der Waals surface area (Å²) in [6.07, 6.45) is 0. The molecule has 0 atom stereocenters. The molecule has 7 aromatic carbocycles. The van der Waals surface area contributed by atoms with Crippen LogP contribution in [0.4, 0.5) is 5.69 Å². The Kier molecular flexibility index (Phi) is 5.84. The predicted octanol–water partition coefficient (Wildman–Crippen LogP) is 12.3. The topological polar surface area (TPSA) is 38.0 Å². The van der Waals surface area contributed by atoms with Gasteiger partial charge in [-0.05, 0) is 60.2 Å². The normalized spacial score (nSPS) is 11.6. The van der Waals surface area contributed by atoms with Gasteiger partial charge in [-0.25, -0.2) is 4.85 Å². The molecule has 0 aliphatic heterocycles. The quantitative estimate of drug-likeness (QED) is 0.177. The number of para-hydroxylation sites is 3. The lowest BCUT2D eigenvalue weighted by Gasteiger charge is -2.15. The van der Waals surface area contributed by atoms with E-state index in [4.69, 9.17) is 6.57 Å². The Bertz CT molecular complexity index is 3070. The summed E-state index contributed by atoms with van der Waals surface area (Å²) in [5.74, 6) is 0. The third-order valence-corrected chi connectivity index (χ3v) is 11.0. The molecule has 5 heteroatoms. The van der Waals surface area contributed by atoms with Crippen LogP contribution >= 0.6 is 11.3 Å². The van der Waals surface area contributed by atoms with Crippen LogP contribution in [0.15, 0.2) is 146 Å². The van der Waals surface area contributed by atoms with Crippen LogP contribution in [-0.4, -0.2) is 9.13 Å². The highest BCUT2D eigenvalue weighted by Gasteiger charge is 2.21. The van der Waals surface area contributed by atoms with Crippen LogP contribution in [0.2, 0.25) is 0 Å². The second kappa shape index (κ2) is 10.4. The number of hydrogen-bond donors (Lipinski definition) is 0. The molecule has 10 rings (SSSR count). The number of fused-ring (bicyclic) bond motifs is 10. The third-order valence-electron chi connectivity index (χ3n) is 9.76. The van der Waals surface area contributed by atoms with Gasteiger partial charge in [-0.2, -0.15) is 5.26 Å². The van der Waals surface area contributed by atoms with Crippen molar-refractivity contribution in [2.45, 2.75) is 0 Å². The van der Waals surface area contributed by atoms with Crippen LogP contribution in [0.1, 0.15) is 5.56 Å². The second-order valence-electron chi connectivity index (χ2n) is 12.3. The molecule has 0 spiro atoms. The van der Waals surface area contributed by atoms with Gasteiger partial charge >= 0.3 is 0 Å². The van der Waals surface area contributed by atoms with E-state index in [0.29, 0.717) is 11.3 Å². The fraction of sp³-hybridized carbons (Fsp3) is 0. The van der Waals surface area contributed by atoms with E-state index < -0.39 is 0 Å². The maximum Gasteiger partial charge on any atom is 0.188 e. The Morgan fingerprint density at radius 2 is 1.20 bits per heavy atom. The van der Waals surface area contributed by atoms with Crippen molar-refractivity contribution in [2.75, 3.05) is 0 Å². The first-order chi connectivity index (χ1) is 24.2. The molecular weight excluding hydrogens is 617 g/mol. The van der Waals surface area contributed by atoms with Crippen molar-refractivity contribution in [3.05, 3.63) is 163 Å². The highest BCUT2D eigenvalue weighted by molar-refractivity contribution is 7.27. The van der Waals surface area contributed by atoms with Crippen LogP contribution in [0, 0.1) is 17.9 Å². The first-order valence-corrected chi connectivity index (χ1v) is 16.9. The number of nitrogens with zero attached hydrogens (tertiary/aromatic N) is 4. The van der Waals surface area contributed by atoms with Gasteiger partial charge in [0.15, 0.2) is 5.69 Å². The van der Waals surface area contributed by atoms with Crippen LogP contribution in [0.25, 0.3) is 91.1 Å². The zero-order valence-electron chi connectivity index (χ0n) is 26.1. The van der Waals surface area contributed by atoms with Crippen LogP contribution in [0.5, 0.6) is 0 Å². The molecule has 0 aliphatic rings. The number of thiophene rings is 1. The van der Waals surface area contributed by atoms with Gasteiger partial charge in [-0.15, -0.1) is 11.3 Å². The van der Waals surface area contributed by atoms with Crippen molar-refractivity contribution in [2.24, 2.45) is 0 Å². The first-order valence-electron chi connectivity index (χ1n) is 16.1. The van der Waals surface area contributed by atoms with E-state index in [0.717, 1.165) is 44.3 Å². The Morgan fingerprint density at radius 1 is 0.531 bits per heavy atom. The monoisotopic (exact) mass is 640 g/mol. The molecule has 0 saturated heterocycles. The molecule has 0 unspecified atom stereocenters. The minimum Gasteiger partial charge on any atom is -0.309 e. The Hall–Kier alpha value is -6.66. The van der Waals surface area contributed by atoms with Crippen molar-refractivity contribution in [1.29, 1.82) is 5.26 Å². The van der Waals surface area contributed by atoms with E-state index in [9.17, 15) is 5.26 Å². The third kappa shape index (κ3) is 3.88. The summed E-state index contributed by atoms with van der Waals surface area (Å²) in [6, 6.07) is 52.9. The largest absolute Gasteiger partial charge is 0.309 e. The van der Waals surface area contributed by atoms with E-state index in [1.54, 1.807) is 0 Å². The molecule has 0 fully saturated rings. The molecule has 0 saturated carbocycles. The summed E-state index contributed by atoms with van der Waals surface area (Å²) in [5.41, 5.74) is 9.93. The smallest absolute Gasteiger partial charge is 0.188 e. The van der Waals surface area contributed by atoms with Gasteiger partial charge in [0.1, 0.15) is 0 Å². The van der Waals surface area contributed by atoms with Gasteiger partial charge in [0.2, 0.25) is 0 Å². The molecule has 0 bridgehead atoms. The van der Waals surface area contributed by atoms with Crippen molar-refractivity contribution < 1.29 is 0 Å². The van der Waals surface area contributed by atoms with Crippen LogP contribution in [-0.2, 0) is 0 Å². The molecule has 0 radical (unpaired) electrons.